The summed E-state index contributed by atoms with van der Waals surface area (Å²) in [4.78, 5) is 38.4. The highest BCUT2D eigenvalue weighted by Gasteiger charge is 2.43. The highest BCUT2D eigenvalue weighted by Crippen LogP contribution is 2.44. The molecule has 2 aliphatic rings. The maximum Gasteiger partial charge on any atom is 0.411 e. The number of ether oxygens (including phenoxy) is 1. The molecule has 1 atom stereocenters. The van der Waals surface area contributed by atoms with E-state index in [0.29, 0.717) is 13.0 Å². The molecule has 0 spiro atoms. The third-order valence-corrected chi connectivity index (χ3v) is 6.72. The molecule has 1 aromatic heterocycles. The van der Waals surface area contributed by atoms with Crippen molar-refractivity contribution in [2.24, 2.45) is 5.41 Å². The molecule has 0 radical (unpaired) electrons. The molecule has 34 heavy (non-hydrogen) atoms. The molecule has 0 saturated carbocycles. The van der Waals surface area contributed by atoms with Crippen LogP contribution >= 0.6 is 0 Å². The summed E-state index contributed by atoms with van der Waals surface area (Å²) in [5.74, 6) is -1.55. The number of likely N-dealkylation sites (tertiary alicyclic amines) is 1. The second-order valence-corrected chi connectivity index (χ2v) is 8.96. The van der Waals surface area contributed by atoms with E-state index in [4.69, 9.17) is 9.15 Å². The summed E-state index contributed by atoms with van der Waals surface area (Å²) in [5, 5.41) is 12.0. The summed E-state index contributed by atoms with van der Waals surface area (Å²) in [5.41, 5.74) is 3.66. The van der Waals surface area contributed by atoms with E-state index in [9.17, 15) is 19.5 Å². The van der Waals surface area contributed by atoms with Crippen LogP contribution in [0.2, 0.25) is 0 Å². The monoisotopic (exact) mass is 460 g/mol. The standard InChI is InChI=1S/C26H24N2O6/c1-26(24(30)31)11-12-28(15-26)23(29)22-21(10-13-33-22)27-25(32)34-14-20-18-8-4-2-6-16(18)17-7-3-5-9-19(17)20/h2-10,13,20H,11-12,14-15H2,1H3,(H,27,32)(H,30,31). The van der Waals surface area contributed by atoms with Crippen molar-refractivity contribution in [3.63, 3.8) is 0 Å². The Kier molecular flexibility index (Phi) is 5.36. The molecule has 1 fully saturated rings. The van der Waals surface area contributed by atoms with E-state index in [2.05, 4.69) is 17.4 Å². The molecule has 5 rings (SSSR count). The van der Waals surface area contributed by atoms with Gasteiger partial charge in [-0.2, -0.15) is 0 Å². The quantitative estimate of drug-likeness (QED) is 0.577. The van der Waals surface area contributed by atoms with Gasteiger partial charge in [0.05, 0.1) is 17.4 Å². The minimum atomic E-state index is -0.997. The zero-order valence-electron chi connectivity index (χ0n) is 18.6. The zero-order chi connectivity index (χ0) is 23.9. The first-order valence-electron chi connectivity index (χ1n) is 11.1. The van der Waals surface area contributed by atoms with Crippen molar-refractivity contribution in [3.05, 3.63) is 77.7 Å². The Hall–Kier alpha value is -4.07. The summed E-state index contributed by atoms with van der Waals surface area (Å²) >= 11 is 0. The molecule has 8 heteroatoms. The van der Waals surface area contributed by atoms with E-state index in [0.717, 1.165) is 22.3 Å². The van der Waals surface area contributed by atoms with Gasteiger partial charge in [0.15, 0.2) is 0 Å². The van der Waals surface area contributed by atoms with E-state index < -0.39 is 23.4 Å². The molecule has 1 unspecified atom stereocenters. The zero-order valence-corrected chi connectivity index (χ0v) is 18.6. The molecule has 2 heterocycles. The van der Waals surface area contributed by atoms with Gasteiger partial charge in [-0.25, -0.2) is 4.79 Å². The third kappa shape index (κ3) is 3.71. The summed E-state index contributed by atoms with van der Waals surface area (Å²) in [6.45, 7) is 2.13. The molecular formula is C26H24N2O6. The number of carboxylic acid groups (broad SMARTS) is 1. The van der Waals surface area contributed by atoms with Gasteiger partial charge in [0.1, 0.15) is 6.61 Å². The van der Waals surface area contributed by atoms with Crippen LogP contribution in [0, 0.1) is 5.41 Å². The number of hydrogen-bond donors (Lipinski definition) is 2. The lowest BCUT2D eigenvalue weighted by molar-refractivity contribution is -0.147. The van der Waals surface area contributed by atoms with E-state index in [1.165, 1.54) is 17.2 Å². The third-order valence-electron chi connectivity index (χ3n) is 6.72. The number of fused-ring (bicyclic) bond motifs is 3. The molecular weight excluding hydrogens is 436 g/mol. The average Bonchev–Trinajstić information content (AvgIpc) is 3.54. The average molecular weight is 460 g/mol. The van der Waals surface area contributed by atoms with Gasteiger partial charge in [-0.3, -0.25) is 14.9 Å². The van der Waals surface area contributed by atoms with Gasteiger partial charge in [-0.05, 0) is 35.6 Å². The van der Waals surface area contributed by atoms with Crippen LogP contribution in [-0.2, 0) is 9.53 Å². The topological polar surface area (TPSA) is 109 Å². The molecule has 1 saturated heterocycles. The Morgan fingerprint density at radius 2 is 1.74 bits per heavy atom. The molecule has 2 amide bonds. The van der Waals surface area contributed by atoms with Crippen LogP contribution in [0.4, 0.5) is 10.5 Å². The van der Waals surface area contributed by atoms with Gasteiger partial charge in [-0.1, -0.05) is 48.5 Å². The van der Waals surface area contributed by atoms with Gasteiger partial charge in [0, 0.05) is 25.1 Å². The van der Waals surface area contributed by atoms with Crippen LogP contribution in [0.3, 0.4) is 0 Å². The molecule has 3 aromatic rings. The smallest absolute Gasteiger partial charge is 0.411 e. The largest absolute Gasteiger partial charge is 0.481 e. The van der Waals surface area contributed by atoms with Crippen molar-refractivity contribution in [2.75, 3.05) is 25.0 Å². The second kappa shape index (κ2) is 8.37. The number of amides is 2. The van der Waals surface area contributed by atoms with Crippen molar-refractivity contribution < 1.29 is 28.6 Å². The molecule has 174 valence electrons. The predicted octanol–water partition coefficient (Wildman–Crippen LogP) is 4.58. The van der Waals surface area contributed by atoms with Crippen LogP contribution in [0.1, 0.15) is 40.9 Å². The fourth-order valence-corrected chi connectivity index (χ4v) is 4.77. The van der Waals surface area contributed by atoms with Gasteiger partial charge < -0.3 is 19.2 Å². The Labute approximate surface area is 196 Å². The van der Waals surface area contributed by atoms with Crippen molar-refractivity contribution in [1.82, 2.24) is 4.90 Å². The first kappa shape index (κ1) is 21.8. The van der Waals surface area contributed by atoms with E-state index in [1.54, 1.807) is 6.92 Å². The number of carbonyl (C=O) groups is 3. The van der Waals surface area contributed by atoms with E-state index >= 15 is 0 Å². The molecule has 8 nitrogen and oxygen atoms in total. The molecule has 2 aromatic carbocycles. The summed E-state index contributed by atoms with van der Waals surface area (Å²) < 4.78 is 10.9. The number of carbonyl (C=O) groups excluding carboxylic acids is 2. The first-order chi connectivity index (χ1) is 16.4. The molecule has 0 bridgehead atoms. The number of anilines is 1. The van der Waals surface area contributed by atoms with E-state index in [1.807, 2.05) is 36.4 Å². The van der Waals surface area contributed by atoms with Gasteiger partial charge >= 0.3 is 12.1 Å². The molecule has 1 aliphatic heterocycles. The van der Waals surface area contributed by atoms with Crippen LogP contribution in [0.25, 0.3) is 11.1 Å². The Bertz CT molecular complexity index is 1240. The van der Waals surface area contributed by atoms with Crippen LogP contribution in [-0.4, -0.2) is 47.7 Å². The maximum atomic E-state index is 12.9. The Morgan fingerprint density at radius 1 is 1.09 bits per heavy atom. The lowest BCUT2D eigenvalue weighted by Crippen LogP contribution is -2.35. The minimum absolute atomic E-state index is 0.0526. The number of aliphatic carboxylic acids is 1. The fraction of sp³-hybridized carbons (Fsp3) is 0.269. The predicted molar refractivity (Wildman–Crippen MR) is 124 cm³/mol. The van der Waals surface area contributed by atoms with Crippen molar-refractivity contribution in [3.8, 4) is 11.1 Å². The summed E-state index contributed by atoms with van der Waals surface area (Å²) in [6.07, 6.45) is 0.956. The molecule has 1 aliphatic carbocycles. The van der Waals surface area contributed by atoms with Crippen molar-refractivity contribution in [1.29, 1.82) is 0 Å². The van der Waals surface area contributed by atoms with Crippen LogP contribution in [0.5, 0.6) is 0 Å². The van der Waals surface area contributed by atoms with Crippen LogP contribution < -0.4 is 5.32 Å². The SMILES string of the molecule is CC1(C(=O)O)CCN(C(=O)c2occc2NC(=O)OCC2c3ccccc3-c3ccccc32)C1. The number of benzene rings is 2. The number of nitrogens with one attached hydrogen (secondary N) is 1. The number of nitrogens with zero attached hydrogens (tertiary/aromatic N) is 1. The number of hydrogen-bond acceptors (Lipinski definition) is 5. The lowest BCUT2D eigenvalue weighted by Gasteiger charge is -2.19. The van der Waals surface area contributed by atoms with Crippen molar-refractivity contribution >= 4 is 23.7 Å². The number of rotatable bonds is 5. The number of furan rings is 1. The highest BCUT2D eigenvalue weighted by atomic mass is 16.5. The minimum Gasteiger partial charge on any atom is -0.481 e. The van der Waals surface area contributed by atoms with E-state index in [-0.39, 0.29) is 30.5 Å². The molecule has 2 N–H and O–H groups in total. The normalized spacial score (nSPS) is 18.9. The van der Waals surface area contributed by atoms with Gasteiger partial charge in [0.2, 0.25) is 5.76 Å². The second-order valence-electron chi connectivity index (χ2n) is 8.96. The number of carboxylic acids is 1. The lowest BCUT2D eigenvalue weighted by atomic mass is 9.90. The van der Waals surface area contributed by atoms with Gasteiger partial charge in [0.25, 0.3) is 5.91 Å². The first-order valence-corrected chi connectivity index (χ1v) is 11.1. The van der Waals surface area contributed by atoms with Gasteiger partial charge in [-0.15, -0.1) is 0 Å². The summed E-state index contributed by atoms with van der Waals surface area (Å²) in [7, 11) is 0. The van der Waals surface area contributed by atoms with Crippen LogP contribution in [0.15, 0.2) is 65.3 Å². The summed E-state index contributed by atoms with van der Waals surface area (Å²) in [6, 6.07) is 17.6. The fourth-order valence-electron chi connectivity index (χ4n) is 4.77. The maximum absolute atomic E-state index is 12.9. The Balaban J connectivity index is 1.25. The van der Waals surface area contributed by atoms with Crippen molar-refractivity contribution in [2.45, 2.75) is 19.3 Å². The Morgan fingerprint density at radius 3 is 2.35 bits per heavy atom. The highest BCUT2D eigenvalue weighted by molar-refractivity contribution is 6.00.